The SMILES string of the molecule is CNc1cc(OCC(C)(C)C(C)(C)Oc2cc3c(cc2O)/C=C(/c2ccc(OC)cc2)CC(NC=O)C=N3)c(O)cc1/C=C(\CCNC=O)c1ccc(C=O)cc1. The molecule has 5 rings (SSSR count). The van der Waals surface area contributed by atoms with Crippen molar-refractivity contribution in [2.24, 2.45) is 10.4 Å². The Morgan fingerprint density at radius 2 is 1.63 bits per heavy atom. The third kappa shape index (κ3) is 10.2. The number of aliphatic imine (C=N–C) groups is 1. The summed E-state index contributed by atoms with van der Waals surface area (Å²) in [6.07, 6.45) is 8.62. The number of methoxy groups -OCH3 is 1. The van der Waals surface area contributed by atoms with Crippen LogP contribution < -0.4 is 30.2 Å². The number of amides is 2. The minimum Gasteiger partial charge on any atom is -0.504 e. The molecule has 0 radical (unpaired) electrons. The zero-order valence-electron chi connectivity index (χ0n) is 33.1. The molecule has 1 aliphatic rings. The van der Waals surface area contributed by atoms with E-state index in [9.17, 15) is 24.6 Å². The zero-order valence-corrected chi connectivity index (χ0v) is 33.1. The van der Waals surface area contributed by atoms with Gasteiger partial charge in [0.25, 0.3) is 0 Å². The third-order valence-corrected chi connectivity index (χ3v) is 10.4. The molecule has 0 saturated heterocycles. The van der Waals surface area contributed by atoms with Gasteiger partial charge in [-0.05, 0) is 85.4 Å². The molecule has 0 spiro atoms. The first-order valence-electron chi connectivity index (χ1n) is 18.6. The largest absolute Gasteiger partial charge is 0.504 e. The van der Waals surface area contributed by atoms with Crippen molar-refractivity contribution in [1.82, 2.24) is 10.6 Å². The van der Waals surface area contributed by atoms with Gasteiger partial charge in [0.1, 0.15) is 17.6 Å². The molecule has 5 N–H and O–H groups in total. The molecule has 0 bridgehead atoms. The minimum atomic E-state index is -0.913. The molecule has 12 heteroatoms. The van der Waals surface area contributed by atoms with Gasteiger partial charge in [-0.2, -0.15) is 0 Å². The van der Waals surface area contributed by atoms with E-state index in [1.165, 1.54) is 0 Å². The number of hydrogen-bond acceptors (Lipinski definition) is 10. The van der Waals surface area contributed by atoms with Crippen molar-refractivity contribution in [3.8, 4) is 28.7 Å². The fraction of sp³-hybridized carbons (Fsp3) is 0.289. The highest BCUT2D eigenvalue weighted by Crippen LogP contribution is 2.44. The molecule has 0 fully saturated rings. The van der Waals surface area contributed by atoms with Crippen molar-refractivity contribution >= 4 is 60.0 Å². The number of aldehydes is 1. The minimum absolute atomic E-state index is 0.0665. The summed E-state index contributed by atoms with van der Waals surface area (Å²) in [5, 5.41) is 31.2. The summed E-state index contributed by atoms with van der Waals surface area (Å²) in [5.41, 5.74) is 5.22. The highest BCUT2D eigenvalue weighted by molar-refractivity contribution is 5.91. The van der Waals surface area contributed by atoms with Crippen LogP contribution in [-0.2, 0) is 9.59 Å². The first-order valence-corrected chi connectivity index (χ1v) is 18.6. The number of phenols is 2. The lowest BCUT2D eigenvalue weighted by molar-refractivity contribution is -0.110. The van der Waals surface area contributed by atoms with Crippen molar-refractivity contribution in [3.63, 3.8) is 0 Å². The highest BCUT2D eigenvalue weighted by atomic mass is 16.5. The van der Waals surface area contributed by atoms with Gasteiger partial charge in [-0.1, -0.05) is 50.2 Å². The molecule has 0 aromatic heterocycles. The Bertz CT molecular complexity index is 2160. The summed E-state index contributed by atoms with van der Waals surface area (Å²) in [7, 11) is 3.38. The number of carbonyl (C=O) groups is 3. The fourth-order valence-electron chi connectivity index (χ4n) is 6.20. The van der Waals surface area contributed by atoms with Gasteiger partial charge in [-0.15, -0.1) is 0 Å². The lowest BCUT2D eigenvalue weighted by atomic mass is 9.77. The Balaban J connectivity index is 1.38. The van der Waals surface area contributed by atoms with Crippen LogP contribution in [0.25, 0.3) is 23.3 Å². The number of hydrogen-bond donors (Lipinski definition) is 5. The first kappa shape index (κ1) is 41.6. The van der Waals surface area contributed by atoms with Crippen LogP contribution in [0.4, 0.5) is 11.4 Å². The zero-order chi connectivity index (χ0) is 41.2. The maximum atomic E-state index is 11.4. The van der Waals surface area contributed by atoms with Crippen LogP contribution in [0.2, 0.25) is 0 Å². The number of benzene rings is 4. The van der Waals surface area contributed by atoms with Crippen LogP contribution in [0, 0.1) is 5.41 Å². The molecule has 298 valence electrons. The molecule has 1 unspecified atom stereocenters. The molecule has 1 heterocycles. The van der Waals surface area contributed by atoms with E-state index in [-0.39, 0.29) is 35.6 Å². The molecule has 0 saturated carbocycles. The summed E-state index contributed by atoms with van der Waals surface area (Å²) in [4.78, 5) is 38.3. The van der Waals surface area contributed by atoms with E-state index < -0.39 is 11.0 Å². The molecular weight excluding hydrogens is 725 g/mol. The first-order chi connectivity index (χ1) is 27.3. The van der Waals surface area contributed by atoms with Gasteiger partial charge in [-0.25, -0.2) is 0 Å². The number of fused-ring (bicyclic) bond motifs is 1. The van der Waals surface area contributed by atoms with Gasteiger partial charge in [0.15, 0.2) is 23.0 Å². The van der Waals surface area contributed by atoms with Gasteiger partial charge >= 0.3 is 0 Å². The van der Waals surface area contributed by atoms with Gasteiger partial charge in [-0.3, -0.25) is 19.4 Å². The molecule has 4 aromatic rings. The summed E-state index contributed by atoms with van der Waals surface area (Å²) >= 11 is 0. The Kier molecular flexibility index (Phi) is 13.4. The number of nitrogens with one attached hydrogen (secondary N) is 3. The number of carbonyl (C=O) groups excluding carboxylic acids is 3. The van der Waals surface area contributed by atoms with E-state index in [1.807, 2.05) is 76.2 Å². The van der Waals surface area contributed by atoms with Crippen LogP contribution in [0.3, 0.4) is 0 Å². The predicted molar refractivity (Wildman–Crippen MR) is 225 cm³/mol. The number of nitrogens with zero attached hydrogens (tertiary/aromatic N) is 1. The van der Waals surface area contributed by atoms with E-state index >= 15 is 0 Å². The lowest BCUT2D eigenvalue weighted by Gasteiger charge is -2.41. The average Bonchev–Trinajstić information content (AvgIpc) is 3.19. The summed E-state index contributed by atoms with van der Waals surface area (Å²) < 4.78 is 18.1. The van der Waals surface area contributed by atoms with E-state index in [0.717, 1.165) is 34.3 Å². The van der Waals surface area contributed by atoms with Crippen LogP contribution >= 0.6 is 0 Å². The van der Waals surface area contributed by atoms with Crippen molar-refractivity contribution in [2.75, 3.05) is 32.6 Å². The highest BCUT2D eigenvalue weighted by Gasteiger charge is 2.41. The Hall–Kier alpha value is -6.56. The smallest absolute Gasteiger partial charge is 0.207 e. The second-order valence-electron chi connectivity index (χ2n) is 14.8. The number of phenolic OH excluding ortho intramolecular Hbond substituents is 2. The fourth-order valence-corrected chi connectivity index (χ4v) is 6.20. The quantitative estimate of drug-likeness (QED) is 0.0295. The van der Waals surface area contributed by atoms with Crippen LogP contribution in [-0.4, -0.2) is 74.5 Å². The second-order valence-corrected chi connectivity index (χ2v) is 14.8. The molecule has 57 heavy (non-hydrogen) atoms. The monoisotopic (exact) mass is 774 g/mol. The molecule has 4 aromatic carbocycles. The summed E-state index contributed by atoms with van der Waals surface area (Å²) in [6, 6.07) is 21.1. The second kappa shape index (κ2) is 18.4. The number of ether oxygens (including phenoxy) is 3. The van der Waals surface area contributed by atoms with E-state index in [4.69, 9.17) is 14.2 Å². The van der Waals surface area contributed by atoms with Crippen molar-refractivity contribution in [1.29, 1.82) is 0 Å². The van der Waals surface area contributed by atoms with Crippen molar-refractivity contribution < 1.29 is 38.8 Å². The normalized spacial score (nSPS) is 15.2. The van der Waals surface area contributed by atoms with Crippen LogP contribution in [0.5, 0.6) is 28.7 Å². The Morgan fingerprint density at radius 3 is 2.28 bits per heavy atom. The van der Waals surface area contributed by atoms with Crippen LogP contribution in [0.1, 0.15) is 73.1 Å². The molecule has 12 nitrogen and oxygen atoms in total. The van der Waals surface area contributed by atoms with Crippen LogP contribution in [0.15, 0.2) is 77.8 Å². The van der Waals surface area contributed by atoms with Gasteiger partial charge in [0.05, 0.1) is 25.4 Å². The van der Waals surface area contributed by atoms with Crippen molar-refractivity contribution in [3.05, 3.63) is 101 Å². The predicted octanol–water partition coefficient (Wildman–Crippen LogP) is 7.66. The molecule has 1 atom stereocenters. The molecule has 0 aliphatic carbocycles. The van der Waals surface area contributed by atoms with Gasteiger partial charge in [0, 0.05) is 59.7 Å². The maximum Gasteiger partial charge on any atom is 0.207 e. The molecular formula is C45H50N4O8. The number of aromatic hydroxyl groups is 2. The van der Waals surface area contributed by atoms with Crippen molar-refractivity contribution in [2.45, 2.75) is 52.2 Å². The number of rotatable bonds is 18. The van der Waals surface area contributed by atoms with E-state index in [1.54, 1.807) is 56.8 Å². The Labute approximate surface area is 333 Å². The maximum absolute atomic E-state index is 11.4. The lowest BCUT2D eigenvalue weighted by Crippen LogP contribution is -2.47. The standard InChI is InChI=1S/C45H50N4O8/c1-44(2,26-56-42-22-38(46-5)34(20-40(42)53)17-32(15-16-47-27-51)30-9-7-29(25-50)8-10-30)45(3,4)57-43-23-39-35(21-41(43)54)18-33(19-36(24-48-39)49-28-52)31-11-13-37(55-6)14-12-31/h7-14,17-18,20-25,27-28,36,46,53-54H,15-16,19,26H2,1-6H3,(H,47,51)(H,49,52)/b32-17+,33-18+,48-24?. The third-order valence-electron chi connectivity index (χ3n) is 10.4. The topological polar surface area (TPSA) is 168 Å². The average molecular weight is 775 g/mol. The molecule has 2 amide bonds. The summed E-state index contributed by atoms with van der Waals surface area (Å²) in [6.45, 7) is 8.27. The Morgan fingerprint density at radius 1 is 0.912 bits per heavy atom. The molecule has 1 aliphatic heterocycles. The number of anilines is 1. The van der Waals surface area contributed by atoms with Gasteiger partial charge < -0.3 is 40.4 Å². The van der Waals surface area contributed by atoms with E-state index in [2.05, 4.69) is 20.9 Å². The van der Waals surface area contributed by atoms with E-state index in [0.29, 0.717) is 60.3 Å². The van der Waals surface area contributed by atoms with Gasteiger partial charge in [0.2, 0.25) is 12.8 Å². The summed E-state index contributed by atoms with van der Waals surface area (Å²) in [5.74, 6) is 1.07.